The third kappa shape index (κ3) is 2.62. The van der Waals surface area contributed by atoms with Gasteiger partial charge in [0.25, 0.3) is 0 Å². The number of nitrogens with zero attached hydrogens (tertiary/aromatic N) is 3. The molecule has 0 saturated heterocycles. The van der Waals surface area contributed by atoms with Crippen LogP contribution in [0.5, 0.6) is 0 Å². The van der Waals surface area contributed by atoms with Crippen LogP contribution < -0.4 is 5.73 Å². The van der Waals surface area contributed by atoms with Gasteiger partial charge in [-0.3, -0.25) is 0 Å². The van der Waals surface area contributed by atoms with E-state index in [9.17, 15) is 0 Å². The summed E-state index contributed by atoms with van der Waals surface area (Å²) in [4.78, 5) is 4.80. The van der Waals surface area contributed by atoms with E-state index in [1.54, 1.807) is 11.3 Å². The molecular weight excluding hydrogens is 316 g/mol. The van der Waals surface area contributed by atoms with E-state index in [-0.39, 0.29) is 5.92 Å². The van der Waals surface area contributed by atoms with Gasteiger partial charge in [-0.2, -0.15) is 5.10 Å². The number of benzene rings is 2. The molecule has 2 N–H and O–H groups in total. The van der Waals surface area contributed by atoms with Crippen LogP contribution in [0, 0.1) is 6.92 Å². The fourth-order valence-electron chi connectivity index (χ4n) is 2.93. The third-order valence-corrected chi connectivity index (χ3v) is 5.21. The molecule has 24 heavy (non-hydrogen) atoms. The molecule has 0 radical (unpaired) electrons. The van der Waals surface area contributed by atoms with E-state index in [0.29, 0.717) is 6.54 Å². The SMILES string of the molecule is Cc1cc(C(CN)c2nc3ccccc3s2)n(-c2ccccc2)n1. The van der Waals surface area contributed by atoms with Gasteiger partial charge in [0, 0.05) is 6.54 Å². The first kappa shape index (κ1) is 15.1. The molecule has 1 atom stereocenters. The minimum atomic E-state index is 0.0313. The fourth-order valence-corrected chi connectivity index (χ4v) is 4.02. The third-order valence-electron chi connectivity index (χ3n) is 4.06. The highest BCUT2D eigenvalue weighted by Crippen LogP contribution is 2.32. The van der Waals surface area contributed by atoms with Gasteiger partial charge in [-0.15, -0.1) is 11.3 Å². The predicted molar refractivity (Wildman–Crippen MR) is 98.8 cm³/mol. The molecule has 2 aromatic heterocycles. The summed E-state index contributed by atoms with van der Waals surface area (Å²) in [5, 5.41) is 5.70. The van der Waals surface area contributed by atoms with Crippen LogP contribution in [0.25, 0.3) is 15.9 Å². The number of thiazole rings is 1. The summed E-state index contributed by atoms with van der Waals surface area (Å²) in [5.41, 5.74) is 10.3. The molecule has 4 aromatic rings. The van der Waals surface area contributed by atoms with Gasteiger partial charge >= 0.3 is 0 Å². The Morgan fingerprint density at radius 2 is 1.83 bits per heavy atom. The molecule has 2 heterocycles. The maximum atomic E-state index is 6.14. The molecule has 120 valence electrons. The number of nitrogens with two attached hydrogens (primary N) is 1. The van der Waals surface area contributed by atoms with Crippen molar-refractivity contribution in [2.24, 2.45) is 5.73 Å². The number of para-hydroxylation sites is 2. The number of aryl methyl sites for hydroxylation is 1. The van der Waals surface area contributed by atoms with Gasteiger partial charge in [-0.1, -0.05) is 30.3 Å². The monoisotopic (exact) mass is 334 g/mol. The van der Waals surface area contributed by atoms with E-state index in [4.69, 9.17) is 10.7 Å². The lowest BCUT2D eigenvalue weighted by atomic mass is 10.1. The minimum absolute atomic E-state index is 0.0313. The van der Waals surface area contributed by atoms with E-state index >= 15 is 0 Å². The van der Waals surface area contributed by atoms with Gasteiger partial charge in [-0.25, -0.2) is 9.67 Å². The van der Waals surface area contributed by atoms with Crippen LogP contribution in [0.4, 0.5) is 0 Å². The minimum Gasteiger partial charge on any atom is -0.329 e. The molecule has 0 amide bonds. The van der Waals surface area contributed by atoms with Gasteiger partial charge in [-0.05, 0) is 37.3 Å². The highest BCUT2D eigenvalue weighted by atomic mass is 32.1. The average molecular weight is 334 g/mol. The summed E-state index contributed by atoms with van der Waals surface area (Å²) in [6.07, 6.45) is 0. The van der Waals surface area contributed by atoms with Crippen LogP contribution in [-0.4, -0.2) is 21.3 Å². The smallest absolute Gasteiger partial charge is 0.104 e. The van der Waals surface area contributed by atoms with Crippen molar-refractivity contribution in [3.05, 3.63) is 77.1 Å². The maximum absolute atomic E-state index is 6.14. The molecule has 0 fully saturated rings. The number of aromatic nitrogens is 3. The topological polar surface area (TPSA) is 56.7 Å². The number of hydrogen-bond donors (Lipinski definition) is 1. The lowest BCUT2D eigenvalue weighted by molar-refractivity contribution is 0.715. The second-order valence-corrected chi connectivity index (χ2v) is 6.83. The van der Waals surface area contributed by atoms with Crippen LogP contribution in [-0.2, 0) is 0 Å². The number of fused-ring (bicyclic) bond motifs is 1. The van der Waals surface area contributed by atoms with Crippen LogP contribution in [0.15, 0.2) is 60.7 Å². The van der Waals surface area contributed by atoms with Crippen LogP contribution in [0.2, 0.25) is 0 Å². The Morgan fingerprint density at radius 3 is 2.58 bits per heavy atom. The molecule has 4 nitrogen and oxygen atoms in total. The lowest BCUT2D eigenvalue weighted by Gasteiger charge is -2.14. The Bertz CT molecular complexity index is 938. The van der Waals surface area contributed by atoms with Crippen molar-refractivity contribution in [1.82, 2.24) is 14.8 Å². The van der Waals surface area contributed by atoms with E-state index in [2.05, 4.69) is 29.4 Å². The summed E-state index contributed by atoms with van der Waals surface area (Å²) >= 11 is 1.71. The Morgan fingerprint density at radius 1 is 1.08 bits per heavy atom. The van der Waals surface area contributed by atoms with Crippen LogP contribution in [0.1, 0.15) is 22.3 Å². The van der Waals surface area contributed by atoms with Crippen molar-refractivity contribution in [1.29, 1.82) is 0 Å². The summed E-state index contributed by atoms with van der Waals surface area (Å²) in [6, 6.07) is 20.5. The van der Waals surface area contributed by atoms with Gasteiger partial charge < -0.3 is 5.73 Å². The van der Waals surface area contributed by atoms with Crippen molar-refractivity contribution in [2.75, 3.05) is 6.54 Å². The zero-order chi connectivity index (χ0) is 16.5. The molecule has 1 unspecified atom stereocenters. The maximum Gasteiger partial charge on any atom is 0.104 e. The number of rotatable bonds is 4. The molecular formula is C19H18N4S. The predicted octanol–water partition coefficient (Wildman–Crippen LogP) is 3.88. The second kappa shape index (κ2) is 6.19. The van der Waals surface area contributed by atoms with Crippen LogP contribution in [0.3, 0.4) is 0 Å². The van der Waals surface area contributed by atoms with Crippen molar-refractivity contribution < 1.29 is 0 Å². The molecule has 0 aliphatic heterocycles. The Balaban J connectivity index is 1.84. The first-order chi connectivity index (χ1) is 11.8. The Hall–Kier alpha value is -2.50. The Labute approximate surface area is 144 Å². The van der Waals surface area contributed by atoms with Crippen molar-refractivity contribution in [3.8, 4) is 5.69 Å². The molecule has 0 aliphatic rings. The summed E-state index contributed by atoms with van der Waals surface area (Å²) in [6.45, 7) is 2.51. The molecule has 0 aliphatic carbocycles. The Kier molecular flexibility index (Phi) is 3.88. The zero-order valence-corrected chi connectivity index (χ0v) is 14.2. The van der Waals surface area contributed by atoms with E-state index in [1.165, 1.54) is 4.70 Å². The van der Waals surface area contributed by atoms with Gasteiger partial charge in [0.15, 0.2) is 0 Å². The summed E-state index contributed by atoms with van der Waals surface area (Å²) in [5.74, 6) is 0.0313. The zero-order valence-electron chi connectivity index (χ0n) is 13.4. The van der Waals surface area contributed by atoms with E-state index in [1.807, 2.05) is 48.0 Å². The fraction of sp³-hybridized carbons (Fsp3) is 0.158. The van der Waals surface area contributed by atoms with Crippen molar-refractivity contribution in [2.45, 2.75) is 12.8 Å². The quantitative estimate of drug-likeness (QED) is 0.616. The highest BCUT2D eigenvalue weighted by Gasteiger charge is 2.22. The van der Waals surface area contributed by atoms with Crippen molar-refractivity contribution in [3.63, 3.8) is 0 Å². The van der Waals surface area contributed by atoms with Crippen molar-refractivity contribution >= 4 is 21.6 Å². The molecule has 0 spiro atoms. The first-order valence-electron chi connectivity index (χ1n) is 7.94. The normalized spacial score (nSPS) is 12.6. The molecule has 4 rings (SSSR count). The van der Waals surface area contributed by atoms with Gasteiger partial charge in [0.1, 0.15) is 5.01 Å². The van der Waals surface area contributed by atoms with E-state index < -0.39 is 0 Å². The van der Waals surface area contributed by atoms with Gasteiger partial charge in [0.05, 0.1) is 33.2 Å². The molecule has 0 bridgehead atoms. The van der Waals surface area contributed by atoms with Gasteiger partial charge in [0.2, 0.25) is 0 Å². The van der Waals surface area contributed by atoms with Crippen LogP contribution >= 0.6 is 11.3 Å². The van der Waals surface area contributed by atoms with E-state index in [0.717, 1.165) is 27.6 Å². The molecule has 5 heteroatoms. The molecule has 0 saturated carbocycles. The molecule has 2 aromatic carbocycles. The summed E-state index contributed by atoms with van der Waals surface area (Å²) in [7, 11) is 0. The first-order valence-corrected chi connectivity index (χ1v) is 8.75. The standard InChI is InChI=1S/C19H18N4S/c1-13-11-17(23(22-13)14-7-3-2-4-8-14)15(12-20)19-21-16-9-5-6-10-18(16)24-19/h2-11,15H,12,20H2,1H3. The largest absolute Gasteiger partial charge is 0.329 e. The lowest BCUT2D eigenvalue weighted by Crippen LogP contribution is -2.17. The number of hydrogen-bond acceptors (Lipinski definition) is 4. The average Bonchev–Trinajstić information content (AvgIpc) is 3.20. The highest BCUT2D eigenvalue weighted by molar-refractivity contribution is 7.18. The summed E-state index contributed by atoms with van der Waals surface area (Å²) < 4.78 is 3.17. The second-order valence-electron chi connectivity index (χ2n) is 5.77.